The average molecular weight is 277 g/mol. The van der Waals surface area contributed by atoms with Crippen LogP contribution in [0.25, 0.3) is 0 Å². The lowest BCUT2D eigenvalue weighted by Crippen LogP contribution is -2.01. The summed E-state index contributed by atoms with van der Waals surface area (Å²) in [5.74, 6) is 0.773. The van der Waals surface area contributed by atoms with Crippen molar-refractivity contribution >= 4 is 11.6 Å². The van der Waals surface area contributed by atoms with E-state index in [1.165, 1.54) is 0 Å². The smallest absolute Gasteiger partial charge is 0.122 e. The van der Waals surface area contributed by atoms with E-state index < -0.39 is 6.10 Å². The molecule has 0 radical (unpaired) electrons. The van der Waals surface area contributed by atoms with Crippen LogP contribution in [0.5, 0.6) is 5.75 Å². The summed E-state index contributed by atoms with van der Waals surface area (Å²) in [4.78, 5) is 0. The second kappa shape index (κ2) is 5.64. The van der Waals surface area contributed by atoms with Crippen LogP contribution in [0.15, 0.2) is 36.4 Å². The Labute approximate surface area is 118 Å². The lowest BCUT2D eigenvalue weighted by molar-refractivity contribution is 0.219. The van der Waals surface area contributed by atoms with Crippen molar-refractivity contribution in [2.75, 3.05) is 7.11 Å². The van der Waals surface area contributed by atoms with Crippen LogP contribution in [0.2, 0.25) is 5.02 Å². The molecule has 2 nitrogen and oxygen atoms in total. The van der Waals surface area contributed by atoms with Crippen molar-refractivity contribution in [1.82, 2.24) is 0 Å². The van der Waals surface area contributed by atoms with E-state index in [1.54, 1.807) is 13.2 Å². The van der Waals surface area contributed by atoms with Crippen molar-refractivity contribution in [3.05, 3.63) is 63.7 Å². The van der Waals surface area contributed by atoms with Crippen LogP contribution >= 0.6 is 11.6 Å². The average Bonchev–Trinajstić information content (AvgIpc) is 2.41. The molecule has 0 saturated carbocycles. The van der Waals surface area contributed by atoms with Crippen LogP contribution < -0.4 is 4.74 Å². The van der Waals surface area contributed by atoms with E-state index in [1.807, 2.05) is 44.2 Å². The van der Waals surface area contributed by atoms with Gasteiger partial charge in [0.25, 0.3) is 0 Å². The molecule has 100 valence electrons. The molecule has 0 spiro atoms. The van der Waals surface area contributed by atoms with E-state index in [2.05, 4.69) is 0 Å². The molecule has 0 aliphatic rings. The van der Waals surface area contributed by atoms with Gasteiger partial charge in [-0.15, -0.1) is 0 Å². The van der Waals surface area contributed by atoms with E-state index >= 15 is 0 Å². The Balaban J connectivity index is 2.37. The summed E-state index contributed by atoms with van der Waals surface area (Å²) in [6.45, 7) is 3.91. The quantitative estimate of drug-likeness (QED) is 0.916. The van der Waals surface area contributed by atoms with E-state index in [0.29, 0.717) is 5.02 Å². The Morgan fingerprint density at radius 1 is 1.00 bits per heavy atom. The molecule has 2 aromatic carbocycles. The minimum absolute atomic E-state index is 0.663. The lowest BCUT2D eigenvalue weighted by atomic mass is 9.99. The zero-order valence-corrected chi connectivity index (χ0v) is 12.0. The van der Waals surface area contributed by atoms with Crippen LogP contribution in [0.3, 0.4) is 0 Å². The van der Waals surface area contributed by atoms with Crippen molar-refractivity contribution in [2.45, 2.75) is 20.0 Å². The van der Waals surface area contributed by atoms with Crippen molar-refractivity contribution < 1.29 is 9.84 Å². The first-order valence-corrected chi connectivity index (χ1v) is 6.49. The molecule has 3 heteroatoms. The van der Waals surface area contributed by atoms with Gasteiger partial charge in [0.2, 0.25) is 0 Å². The lowest BCUT2D eigenvalue weighted by Gasteiger charge is -2.14. The molecular formula is C16H17ClO2. The standard InChI is InChI=1S/C16H17ClO2/c1-10-4-6-12(8-14(10)17)16(18)13-7-5-11(2)15(9-13)19-3/h4-9,16,18H,1-3H3. The van der Waals surface area contributed by atoms with Crippen LogP contribution in [0.4, 0.5) is 0 Å². The predicted octanol–water partition coefficient (Wildman–Crippen LogP) is 4.05. The first-order valence-electron chi connectivity index (χ1n) is 6.11. The van der Waals surface area contributed by atoms with Gasteiger partial charge in [-0.3, -0.25) is 0 Å². The number of aliphatic hydroxyl groups is 1. The Morgan fingerprint density at radius 2 is 1.58 bits per heavy atom. The number of methoxy groups -OCH3 is 1. The van der Waals surface area contributed by atoms with Gasteiger partial charge in [0.15, 0.2) is 0 Å². The Bertz CT molecular complexity index is 593. The third kappa shape index (κ3) is 2.91. The number of benzene rings is 2. The van der Waals surface area contributed by atoms with Gasteiger partial charge in [-0.2, -0.15) is 0 Å². The minimum Gasteiger partial charge on any atom is -0.496 e. The Morgan fingerprint density at radius 3 is 2.16 bits per heavy atom. The fraction of sp³-hybridized carbons (Fsp3) is 0.250. The Hall–Kier alpha value is -1.51. The van der Waals surface area contributed by atoms with Crippen LogP contribution in [0, 0.1) is 13.8 Å². The van der Waals surface area contributed by atoms with Gasteiger partial charge < -0.3 is 9.84 Å². The molecule has 1 N–H and O–H groups in total. The molecule has 0 aromatic heterocycles. The second-order valence-corrected chi connectivity index (χ2v) is 5.05. The molecule has 0 heterocycles. The number of hydrogen-bond acceptors (Lipinski definition) is 2. The van der Waals surface area contributed by atoms with Gasteiger partial charge in [0.05, 0.1) is 7.11 Å². The molecule has 0 aliphatic heterocycles. The first kappa shape index (κ1) is 13.9. The zero-order valence-electron chi connectivity index (χ0n) is 11.3. The number of aryl methyl sites for hydroxylation is 2. The van der Waals surface area contributed by atoms with Gasteiger partial charge in [-0.1, -0.05) is 35.9 Å². The summed E-state index contributed by atoms with van der Waals surface area (Å²) in [6.07, 6.45) is -0.701. The highest BCUT2D eigenvalue weighted by atomic mass is 35.5. The van der Waals surface area contributed by atoms with Gasteiger partial charge in [-0.25, -0.2) is 0 Å². The highest BCUT2D eigenvalue weighted by Crippen LogP contribution is 2.29. The van der Waals surface area contributed by atoms with Crippen molar-refractivity contribution in [3.8, 4) is 5.75 Å². The number of halogens is 1. The summed E-state index contributed by atoms with van der Waals surface area (Å²) in [5, 5.41) is 11.1. The van der Waals surface area contributed by atoms with Crippen molar-refractivity contribution in [3.63, 3.8) is 0 Å². The SMILES string of the molecule is COc1cc(C(O)c2ccc(C)c(Cl)c2)ccc1C. The van der Waals surface area contributed by atoms with Crippen LogP contribution in [0.1, 0.15) is 28.4 Å². The maximum absolute atomic E-state index is 10.4. The fourth-order valence-corrected chi connectivity index (χ4v) is 2.17. The van der Waals surface area contributed by atoms with Gasteiger partial charge >= 0.3 is 0 Å². The number of hydrogen-bond donors (Lipinski definition) is 1. The normalized spacial score (nSPS) is 12.3. The zero-order chi connectivity index (χ0) is 14.0. The highest BCUT2D eigenvalue weighted by Gasteiger charge is 2.13. The van der Waals surface area contributed by atoms with E-state index in [9.17, 15) is 5.11 Å². The van der Waals surface area contributed by atoms with E-state index in [0.717, 1.165) is 28.0 Å². The van der Waals surface area contributed by atoms with Crippen LogP contribution in [-0.2, 0) is 0 Å². The van der Waals surface area contributed by atoms with Crippen LogP contribution in [-0.4, -0.2) is 12.2 Å². The molecule has 0 bridgehead atoms. The fourth-order valence-electron chi connectivity index (χ4n) is 1.98. The van der Waals surface area contributed by atoms with E-state index in [4.69, 9.17) is 16.3 Å². The molecular weight excluding hydrogens is 260 g/mol. The molecule has 0 aliphatic carbocycles. The summed E-state index contributed by atoms with van der Waals surface area (Å²) in [5.41, 5.74) is 3.61. The van der Waals surface area contributed by atoms with E-state index in [-0.39, 0.29) is 0 Å². The largest absolute Gasteiger partial charge is 0.496 e. The molecule has 2 aromatic rings. The summed E-state index contributed by atoms with van der Waals surface area (Å²) in [6, 6.07) is 11.3. The summed E-state index contributed by atoms with van der Waals surface area (Å²) in [7, 11) is 1.63. The van der Waals surface area contributed by atoms with Gasteiger partial charge in [0.1, 0.15) is 11.9 Å². The Kier molecular flexibility index (Phi) is 4.13. The maximum atomic E-state index is 10.4. The molecule has 0 saturated heterocycles. The second-order valence-electron chi connectivity index (χ2n) is 4.64. The minimum atomic E-state index is -0.701. The molecule has 1 atom stereocenters. The maximum Gasteiger partial charge on any atom is 0.122 e. The van der Waals surface area contributed by atoms with Crippen molar-refractivity contribution in [1.29, 1.82) is 0 Å². The number of ether oxygens (including phenoxy) is 1. The molecule has 2 rings (SSSR count). The third-order valence-corrected chi connectivity index (χ3v) is 3.67. The molecule has 0 fully saturated rings. The molecule has 19 heavy (non-hydrogen) atoms. The molecule has 1 unspecified atom stereocenters. The summed E-state index contributed by atoms with van der Waals surface area (Å²) >= 11 is 6.09. The topological polar surface area (TPSA) is 29.5 Å². The monoisotopic (exact) mass is 276 g/mol. The molecule has 0 amide bonds. The summed E-state index contributed by atoms with van der Waals surface area (Å²) < 4.78 is 5.28. The highest BCUT2D eigenvalue weighted by molar-refractivity contribution is 6.31. The number of rotatable bonds is 3. The first-order chi connectivity index (χ1) is 9.02. The third-order valence-electron chi connectivity index (χ3n) is 3.26. The predicted molar refractivity (Wildman–Crippen MR) is 78.0 cm³/mol. The van der Waals surface area contributed by atoms with Gasteiger partial charge in [-0.05, 0) is 48.2 Å². The van der Waals surface area contributed by atoms with Crippen molar-refractivity contribution in [2.24, 2.45) is 0 Å². The van der Waals surface area contributed by atoms with Gasteiger partial charge in [0, 0.05) is 5.02 Å². The number of aliphatic hydroxyl groups excluding tert-OH is 1.